The van der Waals surface area contributed by atoms with Gasteiger partial charge in [-0.1, -0.05) is 18.2 Å². The lowest BCUT2D eigenvalue weighted by Gasteiger charge is -2.38. The van der Waals surface area contributed by atoms with Gasteiger partial charge in [-0.2, -0.15) is 0 Å². The molecule has 114 valence electrons. The van der Waals surface area contributed by atoms with Crippen molar-refractivity contribution < 1.29 is 19.4 Å². The largest absolute Gasteiger partial charge is 0.493 e. The van der Waals surface area contributed by atoms with E-state index in [0.29, 0.717) is 17.9 Å². The number of amides is 1. The highest BCUT2D eigenvalue weighted by molar-refractivity contribution is 5.88. The molecule has 1 aromatic carbocycles. The molecule has 0 aromatic heterocycles. The number of carbonyl (C=O) groups is 2. The number of nitrogens with zero attached hydrogens (tertiary/aromatic N) is 1. The maximum Gasteiger partial charge on any atom is 0.334 e. The summed E-state index contributed by atoms with van der Waals surface area (Å²) < 4.78 is 5.56. The first-order valence-corrected chi connectivity index (χ1v) is 7.18. The lowest BCUT2D eigenvalue weighted by Crippen LogP contribution is -2.53. The molecule has 1 aliphatic rings. The van der Waals surface area contributed by atoms with Gasteiger partial charge in [-0.25, -0.2) is 4.79 Å². The lowest BCUT2D eigenvalue weighted by molar-refractivity contribution is -0.159. The van der Waals surface area contributed by atoms with E-state index in [1.54, 1.807) is 31.2 Å². The fourth-order valence-electron chi connectivity index (χ4n) is 2.77. The SMILES string of the molecule is CCOc1ccccc1C(C)(C(=O)O)N(C(C)=O)C1CC1. The maximum absolute atomic E-state index is 12.0. The first-order chi connectivity index (χ1) is 9.92. The van der Waals surface area contributed by atoms with Crippen molar-refractivity contribution in [3.63, 3.8) is 0 Å². The quantitative estimate of drug-likeness (QED) is 0.874. The molecule has 0 spiro atoms. The third kappa shape index (κ3) is 2.73. The van der Waals surface area contributed by atoms with Gasteiger partial charge in [0, 0.05) is 18.5 Å². The molecular weight excluding hydrogens is 270 g/mol. The second-order valence-corrected chi connectivity index (χ2v) is 5.43. The molecule has 1 saturated carbocycles. The van der Waals surface area contributed by atoms with Crippen LogP contribution in [0.5, 0.6) is 5.75 Å². The molecule has 0 heterocycles. The Morgan fingerprint density at radius 3 is 2.48 bits per heavy atom. The van der Waals surface area contributed by atoms with Gasteiger partial charge in [0.05, 0.1) is 6.61 Å². The van der Waals surface area contributed by atoms with E-state index in [1.807, 2.05) is 6.92 Å². The van der Waals surface area contributed by atoms with Gasteiger partial charge in [-0.05, 0) is 32.8 Å². The molecule has 1 aromatic rings. The molecule has 0 bridgehead atoms. The molecule has 0 aliphatic heterocycles. The van der Waals surface area contributed by atoms with Gasteiger partial charge in [-0.15, -0.1) is 0 Å². The van der Waals surface area contributed by atoms with Gasteiger partial charge in [-0.3, -0.25) is 4.79 Å². The molecule has 1 fully saturated rings. The van der Waals surface area contributed by atoms with Crippen LogP contribution in [0.25, 0.3) is 0 Å². The highest BCUT2D eigenvalue weighted by atomic mass is 16.5. The molecule has 5 heteroatoms. The molecule has 1 N–H and O–H groups in total. The second kappa shape index (κ2) is 5.76. The second-order valence-electron chi connectivity index (χ2n) is 5.43. The number of para-hydroxylation sites is 1. The summed E-state index contributed by atoms with van der Waals surface area (Å²) in [5.41, 5.74) is -0.903. The monoisotopic (exact) mass is 291 g/mol. The Kier molecular flexibility index (Phi) is 4.21. The first-order valence-electron chi connectivity index (χ1n) is 7.18. The predicted octanol–water partition coefficient (Wildman–Crippen LogP) is 2.40. The topological polar surface area (TPSA) is 66.8 Å². The van der Waals surface area contributed by atoms with Crippen LogP contribution in [0.4, 0.5) is 0 Å². The molecule has 5 nitrogen and oxygen atoms in total. The lowest BCUT2D eigenvalue weighted by atomic mass is 9.88. The zero-order valence-electron chi connectivity index (χ0n) is 12.6. The Bertz CT molecular complexity index is 553. The molecule has 1 amide bonds. The van der Waals surface area contributed by atoms with Crippen LogP contribution in [0.15, 0.2) is 24.3 Å². The van der Waals surface area contributed by atoms with E-state index in [1.165, 1.54) is 11.8 Å². The molecule has 2 rings (SSSR count). The number of carboxylic acid groups (broad SMARTS) is 1. The Labute approximate surface area is 124 Å². The third-order valence-electron chi connectivity index (χ3n) is 3.86. The highest BCUT2D eigenvalue weighted by Gasteiger charge is 2.50. The molecular formula is C16H21NO4. The minimum Gasteiger partial charge on any atom is -0.493 e. The first kappa shape index (κ1) is 15.4. The van der Waals surface area contributed by atoms with Crippen LogP contribution < -0.4 is 4.74 Å². The Hall–Kier alpha value is -2.04. The summed E-state index contributed by atoms with van der Waals surface area (Å²) in [7, 11) is 0. The molecule has 0 radical (unpaired) electrons. The number of hydrogen-bond donors (Lipinski definition) is 1. The summed E-state index contributed by atoms with van der Waals surface area (Å²) in [5, 5.41) is 9.83. The van der Waals surface area contributed by atoms with E-state index in [0.717, 1.165) is 12.8 Å². The van der Waals surface area contributed by atoms with Crippen LogP contribution in [-0.2, 0) is 15.1 Å². The fourth-order valence-corrected chi connectivity index (χ4v) is 2.77. The van der Waals surface area contributed by atoms with Crippen molar-refractivity contribution in [1.82, 2.24) is 4.90 Å². The number of hydrogen-bond acceptors (Lipinski definition) is 3. The van der Waals surface area contributed by atoms with E-state index in [2.05, 4.69) is 0 Å². The van der Waals surface area contributed by atoms with Crippen LogP contribution in [-0.4, -0.2) is 34.5 Å². The van der Waals surface area contributed by atoms with Gasteiger partial charge in [0.2, 0.25) is 5.91 Å². The van der Waals surface area contributed by atoms with Gasteiger partial charge >= 0.3 is 5.97 Å². The van der Waals surface area contributed by atoms with Gasteiger partial charge in [0.1, 0.15) is 5.75 Å². The highest BCUT2D eigenvalue weighted by Crippen LogP contribution is 2.42. The summed E-state index contributed by atoms with van der Waals surface area (Å²) in [6.07, 6.45) is 1.69. The molecule has 1 atom stereocenters. The van der Waals surface area contributed by atoms with Gasteiger partial charge < -0.3 is 14.7 Å². The minimum atomic E-state index is -1.42. The zero-order chi connectivity index (χ0) is 15.6. The van der Waals surface area contributed by atoms with Crippen molar-refractivity contribution >= 4 is 11.9 Å². The van der Waals surface area contributed by atoms with Crippen molar-refractivity contribution in [2.75, 3.05) is 6.61 Å². The van der Waals surface area contributed by atoms with Gasteiger partial charge in [0.25, 0.3) is 0 Å². The van der Waals surface area contributed by atoms with Crippen molar-refractivity contribution in [2.24, 2.45) is 0 Å². The average molecular weight is 291 g/mol. The van der Waals surface area contributed by atoms with Gasteiger partial charge in [0.15, 0.2) is 5.54 Å². The molecule has 1 unspecified atom stereocenters. The number of aliphatic carboxylic acids is 1. The van der Waals surface area contributed by atoms with Crippen LogP contribution in [0.2, 0.25) is 0 Å². The molecule has 1 aliphatic carbocycles. The number of benzene rings is 1. The number of rotatable bonds is 6. The Morgan fingerprint density at radius 2 is 2.00 bits per heavy atom. The summed E-state index contributed by atoms with van der Waals surface area (Å²) in [6.45, 7) is 5.28. The Morgan fingerprint density at radius 1 is 1.38 bits per heavy atom. The van der Waals surface area contributed by atoms with Crippen molar-refractivity contribution in [1.29, 1.82) is 0 Å². The fraction of sp³-hybridized carbons (Fsp3) is 0.500. The van der Waals surface area contributed by atoms with Crippen LogP contribution >= 0.6 is 0 Å². The number of carbonyl (C=O) groups excluding carboxylic acids is 1. The predicted molar refractivity (Wildman–Crippen MR) is 78.1 cm³/mol. The summed E-state index contributed by atoms with van der Waals surface area (Å²) in [4.78, 5) is 25.5. The maximum atomic E-state index is 12.0. The Balaban J connectivity index is 2.56. The van der Waals surface area contributed by atoms with Crippen molar-refractivity contribution in [3.05, 3.63) is 29.8 Å². The summed E-state index contributed by atoms with van der Waals surface area (Å²) in [5.74, 6) is -0.762. The van der Waals surface area contributed by atoms with Crippen molar-refractivity contribution in [2.45, 2.75) is 45.2 Å². The number of ether oxygens (including phenoxy) is 1. The zero-order valence-corrected chi connectivity index (χ0v) is 12.6. The van der Waals surface area contributed by atoms with E-state index < -0.39 is 11.5 Å². The van der Waals surface area contributed by atoms with Crippen LogP contribution in [0.1, 0.15) is 39.2 Å². The van der Waals surface area contributed by atoms with E-state index in [-0.39, 0.29) is 11.9 Å². The summed E-state index contributed by atoms with van der Waals surface area (Å²) >= 11 is 0. The van der Waals surface area contributed by atoms with Crippen molar-refractivity contribution in [3.8, 4) is 5.75 Å². The minimum absolute atomic E-state index is 0.00159. The summed E-state index contributed by atoms with van der Waals surface area (Å²) in [6, 6.07) is 7.03. The standard InChI is InChI=1S/C16H21NO4/c1-4-21-14-8-6-5-7-13(14)16(3,15(19)20)17(11(2)18)12-9-10-12/h5-8,12H,4,9-10H2,1-3H3,(H,19,20). The van der Waals surface area contributed by atoms with Crippen LogP contribution in [0.3, 0.4) is 0 Å². The van der Waals surface area contributed by atoms with Crippen LogP contribution in [0, 0.1) is 0 Å². The van der Waals surface area contributed by atoms with E-state index in [4.69, 9.17) is 4.74 Å². The molecule has 0 saturated heterocycles. The third-order valence-corrected chi connectivity index (χ3v) is 3.86. The molecule has 21 heavy (non-hydrogen) atoms. The smallest absolute Gasteiger partial charge is 0.334 e. The van der Waals surface area contributed by atoms with E-state index in [9.17, 15) is 14.7 Å². The number of carboxylic acids is 1. The average Bonchev–Trinajstić information content (AvgIpc) is 3.23. The van der Waals surface area contributed by atoms with E-state index >= 15 is 0 Å². The normalized spacial score (nSPS) is 16.9.